The molecule has 0 N–H and O–H groups in total. The first-order chi connectivity index (χ1) is 40.4. The molecule has 0 spiro atoms. The molecule has 91 heavy (non-hydrogen) atoms. The van der Waals surface area contributed by atoms with E-state index in [4.69, 9.17) is 37.9 Å². The largest absolute Gasteiger partial charge is 0.143 e. The molecule has 0 aliphatic heterocycles. The van der Waals surface area contributed by atoms with E-state index in [9.17, 15) is 0 Å². The highest BCUT2D eigenvalue weighted by molar-refractivity contribution is 7.80. The van der Waals surface area contributed by atoms with Crippen molar-refractivity contribution in [2.24, 2.45) is 11.8 Å². The van der Waals surface area contributed by atoms with Crippen LogP contribution in [0.3, 0.4) is 0 Å². The molecule has 0 saturated carbocycles. The van der Waals surface area contributed by atoms with Gasteiger partial charge in [0.2, 0.25) is 0 Å². The summed E-state index contributed by atoms with van der Waals surface area (Å²) < 4.78 is 0. The van der Waals surface area contributed by atoms with Crippen LogP contribution in [0.15, 0.2) is 112 Å². The zero-order valence-electron chi connectivity index (χ0n) is 66.3. The van der Waals surface area contributed by atoms with Gasteiger partial charge in [0.25, 0.3) is 0 Å². The molecule has 0 radical (unpaired) electrons. The Morgan fingerprint density at radius 2 is 0.505 bits per heavy atom. The van der Waals surface area contributed by atoms with Gasteiger partial charge in [-0.3, -0.25) is 0 Å². The summed E-state index contributed by atoms with van der Waals surface area (Å²) in [6.45, 7) is 88.7. The van der Waals surface area contributed by atoms with Crippen molar-refractivity contribution in [3.63, 3.8) is 0 Å². The summed E-state index contributed by atoms with van der Waals surface area (Å²) in [4.78, 5) is 3.54. The Bertz CT molecular complexity index is 2990. The summed E-state index contributed by atoms with van der Waals surface area (Å²) in [5.74, 6) is 1.41. The predicted octanol–water partition coefficient (Wildman–Crippen LogP) is 26.4. The fraction of sp³-hybridized carbons (Fsp3) is 0.647. The van der Waals surface area contributed by atoms with Crippen LogP contribution in [-0.4, -0.2) is 24.2 Å². The zero-order valence-corrected chi connectivity index (χ0v) is 72.0. The molecule has 0 heterocycles. The normalized spacial score (nSPS) is 14.1. The number of hydrogen-bond acceptors (Lipinski definition) is 3. The lowest BCUT2D eigenvalue weighted by molar-refractivity contribution is 0.523. The molecule has 0 bridgehead atoms. The highest BCUT2D eigenvalue weighted by atomic mass is 32.1. The maximum atomic E-state index is 5.05. The van der Waals surface area contributed by atoms with Gasteiger partial charge < -0.3 is 0 Å². The summed E-state index contributed by atoms with van der Waals surface area (Å²) in [5, 5.41) is 4.53. The molecule has 6 heteroatoms. The lowest BCUT2D eigenvalue weighted by Crippen LogP contribution is -2.63. The molecule has 0 unspecified atom stereocenters. The topological polar surface area (TPSA) is 0 Å². The van der Waals surface area contributed by atoms with Crippen molar-refractivity contribution in [2.75, 3.05) is 0 Å². The van der Waals surface area contributed by atoms with Gasteiger partial charge in [-0.05, 0) is 138 Å². The molecule has 5 aromatic carbocycles. The molecule has 0 atom stereocenters. The van der Waals surface area contributed by atoms with E-state index >= 15 is 0 Å². The summed E-state index contributed by atoms with van der Waals surface area (Å²) in [7, 11) is -5.61. The smallest absolute Gasteiger partial charge is 0.102 e. The van der Waals surface area contributed by atoms with Crippen molar-refractivity contribution in [1.29, 1.82) is 0 Å². The maximum Gasteiger partial charge on any atom is 0.102 e. The predicted molar refractivity (Wildman–Crippen MR) is 432 cm³/mol. The van der Waals surface area contributed by atoms with Gasteiger partial charge in [0, 0.05) is 14.7 Å². The quantitative estimate of drug-likeness (QED) is 0.0805. The van der Waals surface area contributed by atoms with Gasteiger partial charge in [0.05, 0.1) is 16.1 Å². The van der Waals surface area contributed by atoms with Crippen LogP contribution >= 0.6 is 37.9 Å². The highest BCUT2D eigenvalue weighted by Crippen LogP contribution is 2.63. The van der Waals surface area contributed by atoms with E-state index in [0.717, 1.165) is 6.04 Å². The molecule has 0 amide bonds. The Kier molecular flexibility index (Phi) is 26.5. The van der Waals surface area contributed by atoms with E-state index in [1.807, 2.05) is 0 Å². The SMILES string of the molecule is CC(C)(C)c1cc(C[Si](C(C)(C)C)(C(C)(C)C)C(C)(C)C)cc(C(C)(C)C)c1S.CC(C)(C)c1cc(C[Si](c2ccccc2)(C(C)(C)C)C(C)(C)C)cc(C(C)(C)C)c1S.CC(C)C[Si](Cc1cc(C(C)(C)C)c(S)c(C(C)(C)C)c1)(CC(C)C)c1ccccc1. The second kappa shape index (κ2) is 29.1. The molecule has 0 aliphatic carbocycles. The van der Waals surface area contributed by atoms with E-state index in [0.29, 0.717) is 27.0 Å². The zero-order chi connectivity index (χ0) is 71.1. The highest BCUT2D eigenvalue weighted by Gasteiger charge is 2.59. The van der Waals surface area contributed by atoms with Crippen LogP contribution in [0.1, 0.15) is 306 Å². The van der Waals surface area contributed by atoms with Crippen molar-refractivity contribution in [3.05, 3.63) is 147 Å². The van der Waals surface area contributed by atoms with Crippen LogP contribution in [0.5, 0.6) is 0 Å². The fourth-order valence-corrected chi connectivity index (χ4v) is 41.8. The van der Waals surface area contributed by atoms with E-state index in [-0.39, 0.29) is 42.6 Å². The second-order valence-electron chi connectivity index (χ2n) is 40.4. The molecular formula is C85H142S3Si3. The Morgan fingerprint density at radius 1 is 0.286 bits per heavy atom. The van der Waals surface area contributed by atoms with Gasteiger partial charge in [0.15, 0.2) is 0 Å². The van der Waals surface area contributed by atoms with Gasteiger partial charge in [0.1, 0.15) is 8.07 Å². The molecule has 0 nitrogen and oxygen atoms in total. The minimum absolute atomic E-state index is 0.0630. The van der Waals surface area contributed by atoms with Crippen molar-refractivity contribution < 1.29 is 0 Å². The lowest BCUT2D eigenvalue weighted by Gasteiger charge is -2.60. The van der Waals surface area contributed by atoms with Crippen LogP contribution in [0.4, 0.5) is 0 Å². The van der Waals surface area contributed by atoms with Crippen molar-refractivity contribution >= 4 is 72.5 Å². The Balaban J connectivity index is 0.000000357. The average molecular weight is 1340 g/mol. The van der Waals surface area contributed by atoms with Crippen LogP contribution in [-0.2, 0) is 50.6 Å². The monoisotopic (exact) mass is 1340 g/mol. The fourth-order valence-electron chi connectivity index (χ4n) is 17.3. The first-order valence-electron chi connectivity index (χ1n) is 35.2. The molecule has 0 aliphatic rings. The molecular weight excluding hydrogens is 1200 g/mol. The molecule has 0 saturated heterocycles. The Morgan fingerprint density at radius 3 is 0.714 bits per heavy atom. The minimum Gasteiger partial charge on any atom is -0.143 e. The van der Waals surface area contributed by atoms with Gasteiger partial charge in [-0.2, -0.15) is 0 Å². The standard InChI is InChI=1S/2C29H46SSi.C27H50SSi/c1-26(2,3)23-18-21(19-24(25(23)30)27(4,5)6)20-31(28(7,8)9,29(10,11)12)22-16-14-13-15-17-22;1-21(2)18-31(19-22(3)4,24-14-12-11-13-15-24)20-23-16-25(28(5,6)7)27(30)26(17-23)29(8,9)10;1-23(2,3)20-16-19(17-21(22(20)28)24(4,5)6)18-29(25(7,8)9,26(10,11)12)27(13,14)15/h13-19,30H,20H2,1-12H3;11-17,21-22,30H,18-20H2,1-10H3;16-17,28H,18H2,1-15H3. The Labute approximate surface area is 585 Å². The van der Waals surface area contributed by atoms with Gasteiger partial charge in [-0.25, -0.2) is 0 Å². The van der Waals surface area contributed by atoms with Crippen molar-refractivity contribution in [1.82, 2.24) is 0 Å². The number of thiol groups is 3. The first-order valence-corrected chi connectivity index (χ1v) is 43.5. The molecule has 5 aromatic rings. The van der Waals surface area contributed by atoms with Gasteiger partial charge >= 0.3 is 0 Å². The molecule has 0 fully saturated rings. The van der Waals surface area contributed by atoms with Crippen LogP contribution < -0.4 is 10.4 Å². The second-order valence-corrected chi connectivity index (χ2v) is 58.5. The number of hydrogen-bond donors (Lipinski definition) is 3. The maximum absolute atomic E-state index is 5.05. The minimum atomic E-state index is -2.02. The molecule has 0 aromatic heterocycles. The summed E-state index contributed by atoms with van der Waals surface area (Å²) in [6.07, 6.45) is 0. The third-order valence-electron chi connectivity index (χ3n) is 20.5. The van der Waals surface area contributed by atoms with Crippen LogP contribution in [0.2, 0.25) is 37.3 Å². The van der Waals surface area contributed by atoms with Crippen LogP contribution in [0.25, 0.3) is 0 Å². The molecule has 5 rings (SSSR count). The lowest BCUT2D eigenvalue weighted by atomic mass is 9.79. The van der Waals surface area contributed by atoms with Crippen molar-refractivity contribution in [2.45, 2.75) is 359 Å². The van der Waals surface area contributed by atoms with E-state index in [1.165, 1.54) is 88.9 Å². The average Bonchev–Trinajstić information content (AvgIpc) is 0.734. The summed E-state index contributed by atoms with van der Waals surface area (Å²) in [5.41, 5.74) is 13.3. The van der Waals surface area contributed by atoms with Gasteiger partial charge in [-0.15, -0.1) is 37.9 Å². The van der Waals surface area contributed by atoms with E-state index < -0.39 is 24.2 Å². The third-order valence-corrected chi connectivity index (χ3v) is 43.8. The number of rotatable bonds is 12. The Hall–Kier alpha value is -2.20. The summed E-state index contributed by atoms with van der Waals surface area (Å²) >= 11 is 15.1. The van der Waals surface area contributed by atoms with Crippen molar-refractivity contribution in [3.8, 4) is 0 Å². The van der Waals surface area contributed by atoms with Crippen LogP contribution in [0, 0.1) is 11.8 Å². The van der Waals surface area contributed by atoms with Gasteiger partial charge in [-0.1, -0.05) is 376 Å². The first kappa shape index (κ1) is 83.0. The molecule has 512 valence electrons. The van der Waals surface area contributed by atoms with E-state index in [1.54, 1.807) is 10.4 Å². The third kappa shape index (κ3) is 20.0. The van der Waals surface area contributed by atoms with E-state index in [2.05, 4.69) is 353 Å². The number of benzene rings is 5. The summed E-state index contributed by atoms with van der Waals surface area (Å²) in [6, 6.07) is 44.0.